The van der Waals surface area contributed by atoms with Crippen molar-refractivity contribution in [1.82, 2.24) is 4.90 Å². The first-order valence-electron chi connectivity index (χ1n) is 6.59. The number of hydrogen-bond donors (Lipinski definition) is 0. The van der Waals surface area contributed by atoms with E-state index in [0.717, 1.165) is 13.1 Å². The highest BCUT2D eigenvalue weighted by molar-refractivity contribution is 4.57. The maximum Gasteiger partial charge on any atom is 0.218 e. The third kappa shape index (κ3) is 7.20. The summed E-state index contributed by atoms with van der Waals surface area (Å²) in [5.74, 6) is 0. The maximum atomic E-state index is 5.33. The topological polar surface area (TPSA) is 21.7 Å². The van der Waals surface area contributed by atoms with E-state index in [0.29, 0.717) is 0 Å². The Labute approximate surface area is 101 Å². The Morgan fingerprint density at radius 1 is 0.812 bits per heavy atom. The van der Waals surface area contributed by atoms with E-state index in [2.05, 4.69) is 18.7 Å². The lowest BCUT2D eigenvalue weighted by Crippen LogP contribution is -2.39. The molecule has 0 aromatic heterocycles. The molecule has 0 saturated heterocycles. The van der Waals surface area contributed by atoms with Crippen LogP contribution in [0.25, 0.3) is 0 Å². The summed E-state index contributed by atoms with van der Waals surface area (Å²) in [6.07, 6.45) is 7.36. The van der Waals surface area contributed by atoms with E-state index in [1.54, 1.807) is 14.2 Å². The van der Waals surface area contributed by atoms with Gasteiger partial charge in [-0.15, -0.1) is 0 Å². The van der Waals surface area contributed by atoms with Crippen molar-refractivity contribution < 1.29 is 9.47 Å². The molecule has 0 aliphatic carbocycles. The van der Waals surface area contributed by atoms with Gasteiger partial charge in [0.2, 0.25) is 6.41 Å². The van der Waals surface area contributed by atoms with E-state index in [4.69, 9.17) is 9.47 Å². The zero-order valence-electron chi connectivity index (χ0n) is 11.5. The van der Waals surface area contributed by atoms with Gasteiger partial charge in [-0.1, -0.05) is 39.5 Å². The first-order chi connectivity index (χ1) is 7.79. The summed E-state index contributed by atoms with van der Waals surface area (Å²) in [6, 6.07) is 0. The van der Waals surface area contributed by atoms with Gasteiger partial charge >= 0.3 is 0 Å². The molecule has 98 valence electrons. The SMILES string of the molecule is CCCCCN(CCCCC)C(OC)OC. The number of rotatable bonds is 11. The Balaban J connectivity index is 3.93. The molecule has 0 fully saturated rings. The van der Waals surface area contributed by atoms with Crippen LogP contribution in [0.15, 0.2) is 0 Å². The van der Waals surface area contributed by atoms with Gasteiger partial charge in [0.05, 0.1) is 0 Å². The Kier molecular flexibility index (Phi) is 11.3. The van der Waals surface area contributed by atoms with Crippen molar-refractivity contribution in [3.63, 3.8) is 0 Å². The van der Waals surface area contributed by atoms with Gasteiger partial charge in [-0.3, -0.25) is 4.90 Å². The molecule has 0 spiro atoms. The fourth-order valence-electron chi connectivity index (χ4n) is 1.85. The molecule has 0 amide bonds. The van der Waals surface area contributed by atoms with Crippen molar-refractivity contribution in [2.75, 3.05) is 27.3 Å². The predicted octanol–water partition coefficient (Wildman–Crippen LogP) is 3.25. The highest BCUT2D eigenvalue weighted by Gasteiger charge is 2.15. The Morgan fingerprint density at radius 3 is 1.56 bits per heavy atom. The smallest absolute Gasteiger partial charge is 0.218 e. The molecule has 0 heterocycles. The molecule has 0 aliphatic rings. The van der Waals surface area contributed by atoms with Crippen LogP contribution in [0.3, 0.4) is 0 Å². The second-order valence-electron chi connectivity index (χ2n) is 4.23. The fourth-order valence-corrected chi connectivity index (χ4v) is 1.85. The third-order valence-corrected chi connectivity index (χ3v) is 2.80. The van der Waals surface area contributed by atoms with Gasteiger partial charge in [-0.25, -0.2) is 0 Å². The molecule has 0 saturated carbocycles. The predicted molar refractivity (Wildman–Crippen MR) is 68.4 cm³/mol. The number of unbranched alkanes of at least 4 members (excludes halogenated alkanes) is 4. The van der Waals surface area contributed by atoms with E-state index in [-0.39, 0.29) is 6.41 Å². The molecule has 16 heavy (non-hydrogen) atoms. The molecular weight excluding hydrogens is 202 g/mol. The van der Waals surface area contributed by atoms with E-state index in [9.17, 15) is 0 Å². The van der Waals surface area contributed by atoms with Crippen LogP contribution in [0, 0.1) is 0 Å². The fraction of sp³-hybridized carbons (Fsp3) is 1.00. The summed E-state index contributed by atoms with van der Waals surface area (Å²) in [5.41, 5.74) is 0. The van der Waals surface area contributed by atoms with Crippen LogP contribution in [0.5, 0.6) is 0 Å². The Bertz CT molecular complexity index is 128. The van der Waals surface area contributed by atoms with Crippen LogP contribution in [-0.2, 0) is 9.47 Å². The summed E-state index contributed by atoms with van der Waals surface area (Å²) in [6.45, 7) is 6.60. The van der Waals surface area contributed by atoms with Gasteiger partial charge in [0.25, 0.3) is 0 Å². The first-order valence-corrected chi connectivity index (χ1v) is 6.59. The number of methoxy groups -OCH3 is 2. The van der Waals surface area contributed by atoms with Crippen LogP contribution in [0.2, 0.25) is 0 Å². The van der Waals surface area contributed by atoms with Crippen molar-refractivity contribution >= 4 is 0 Å². The van der Waals surface area contributed by atoms with Gasteiger partial charge in [0, 0.05) is 27.3 Å². The lowest BCUT2D eigenvalue weighted by atomic mass is 10.2. The molecule has 0 rings (SSSR count). The average molecular weight is 231 g/mol. The van der Waals surface area contributed by atoms with Gasteiger partial charge in [0.15, 0.2) is 0 Å². The van der Waals surface area contributed by atoms with E-state index in [1.165, 1.54) is 38.5 Å². The molecule has 0 aliphatic heterocycles. The summed E-state index contributed by atoms with van der Waals surface area (Å²) in [4.78, 5) is 2.30. The minimum absolute atomic E-state index is 0.172. The molecule has 0 bridgehead atoms. The highest BCUT2D eigenvalue weighted by Crippen LogP contribution is 2.08. The maximum absolute atomic E-state index is 5.33. The largest absolute Gasteiger partial charge is 0.343 e. The molecular formula is C13H29NO2. The van der Waals surface area contributed by atoms with E-state index in [1.807, 2.05) is 0 Å². The summed E-state index contributed by atoms with van der Waals surface area (Å²) in [5, 5.41) is 0. The summed E-state index contributed by atoms with van der Waals surface area (Å²) < 4.78 is 10.7. The number of hydrogen-bond acceptors (Lipinski definition) is 3. The molecule has 3 nitrogen and oxygen atoms in total. The Hall–Kier alpha value is -0.120. The molecule has 0 unspecified atom stereocenters. The molecule has 0 atom stereocenters. The average Bonchev–Trinajstić information content (AvgIpc) is 2.30. The van der Waals surface area contributed by atoms with Crippen LogP contribution >= 0.6 is 0 Å². The Morgan fingerprint density at radius 2 is 1.25 bits per heavy atom. The molecule has 0 aromatic rings. The van der Waals surface area contributed by atoms with Crippen molar-refractivity contribution in [3.05, 3.63) is 0 Å². The van der Waals surface area contributed by atoms with Crippen LogP contribution in [-0.4, -0.2) is 38.6 Å². The monoisotopic (exact) mass is 231 g/mol. The van der Waals surface area contributed by atoms with Crippen LogP contribution in [0.1, 0.15) is 52.4 Å². The molecule has 0 N–H and O–H groups in total. The number of ether oxygens (including phenoxy) is 2. The van der Waals surface area contributed by atoms with Crippen LogP contribution < -0.4 is 0 Å². The van der Waals surface area contributed by atoms with Crippen molar-refractivity contribution in [2.45, 2.75) is 58.8 Å². The highest BCUT2D eigenvalue weighted by atomic mass is 16.7. The van der Waals surface area contributed by atoms with E-state index >= 15 is 0 Å². The zero-order chi connectivity index (χ0) is 12.2. The van der Waals surface area contributed by atoms with Gasteiger partial charge < -0.3 is 9.47 Å². The van der Waals surface area contributed by atoms with Crippen molar-refractivity contribution in [1.29, 1.82) is 0 Å². The third-order valence-electron chi connectivity index (χ3n) is 2.80. The molecule has 0 radical (unpaired) electrons. The summed E-state index contributed by atoms with van der Waals surface area (Å²) >= 11 is 0. The second-order valence-corrected chi connectivity index (χ2v) is 4.23. The van der Waals surface area contributed by atoms with Gasteiger partial charge in [0.1, 0.15) is 0 Å². The van der Waals surface area contributed by atoms with Crippen molar-refractivity contribution in [2.24, 2.45) is 0 Å². The van der Waals surface area contributed by atoms with Crippen LogP contribution in [0.4, 0.5) is 0 Å². The number of nitrogens with zero attached hydrogens (tertiary/aromatic N) is 1. The van der Waals surface area contributed by atoms with Gasteiger partial charge in [-0.05, 0) is 12.8 Å². The lowest BCUT2D eigenvalue weighted by Gasteiger charge is -2.29. The summed E-state index contributed by atoms with van der Waals surface area (Å²) in [7, 11) is 3.42. The lowest BCUT2D eigenvalue weighted by molar-refractivity contribution is -0.196. The standard InChI is InChI=1S/C13H29NO2/c1-5-7-9-11-14(12-10-8-6-2)13(15-3)16-4/h13H,5-12H2,1-4H3. The van der Waals surface area contributed by atoms with E-state index < -0.39 is 0 Å². The zero-order valence-corrected chi connectivity index (χ0v) is 11.5. The quantitative estimate of drug-likeness (QED) is 0.402. The molecule has 3 heteroatoms. The molecule has 0 aromatic carbocycles. The minimum Gasteiger partial charge on any atom is -0.343 e. The minimum atomic E-state index is -0.172. The van der Waals surface area contributed by atoms with Crippen molar-refractivity contribution in [3.8, 4) is 0 Å². The second kappa shape index (κ2) is 11.4. The normalized spacial score (nSPS) is 11.6. The first kappa shape index (κ1) is 15.9. The van der Waals surface area contributed by atoms with Gasteiger partial charge in [-0.2, -0.15) is 0 Å².